The van der Waals surface area contributed by atoms with Crippen LogP contribution in [0.3, 0.4) is 0 Å². The summed E-state index contributed by atoms with van der Waals surface area (Å²) >= 11 is 0. The van der Waals surface area contributed by atoms with E-state index >= 15 is 0 Å². The van der Waals surface area contributed by atoms with E-state index in [1.54, 1.807) is 0 Å². The van der Waals surface area contributed by atoms with Gasteiger partial charge in [-0.15, -0.1) is 0 Å². The Bertz CT molecular complexity index is 2570. The number of hydrogen-bond donors (Lipinski definition) is 0. The van der Waals surface area contributed by atoms with Crippen LogP contribution in [-0.4, -0.2) is 24.1 Å². The van der Waals surface area contributed by atoms with Crippen LogP contribution in [0.15, 0.2) is 167 Å². The Balaban J connectivity index is 1.34. The van der Waals surface area contributed by atoms with Crippen LogP contribution in [0.25, 0.3) is 45.1 Å². The lowest BCUT2D eigenvalue weighted by atomic mass is 9.97. The van der Waals surface area contributed by atoms with Crippen molar-refractivity contribution in [3.63, 3.8) is 0 Å². The van der Waals surface area contributed by atoms with E-state index in [0.717, 1.165) is 90.2 Å². The first-order chi connectivity index (χ1) is 26.6. The van der Waals surface area contributed by atoms with Crippen molar-refractivity contribution in [2.45, 2.75) is 0 Å². The van der Waals surface area contributed by atoms with Gasteiger partial charge in [-0.3, -0.25) is 0 Å². The van der Waals surface area contributed by atoms with Gasteiger partial charge in [-0.2, -0.15) is 0 Å². The Labute approximate surface area is 311 Å². The molecule has 0 amide bonds. The van der Waals surface area contributed by atoms with Crippen molar-refractivity contribution in [1.82, 2.24) is 9.97 Å². The summed E-state index contributed by atoms with van der Waals surface area (Å²) in [5.74, 6) is 1.03. The van der Waals surface area contributed by atoms with Gasteiger partial charge in [0.25, 0.3) is 0 Å². The van der Waals surface area contributed by atoms with Crippen molar-refractivity contribution in [1.29, 1.82) is 0 Å². The first kappa shape index (κ1) is 30.3. The van der Waals surface area contributed by atoms with Crippen LogP contribution in [0.1, 0.15) is 0 Å². The molecular formula is C46H32N6O2. The Kier molecular flexibility index (Phi) is 6.51. The summed E-state index contributed by atoms with van der Waals surface area (Å²) in [6.07, 6.45) is 0. The minimum atomic E-state index is 0.515. The first-order valence-corrected chi connectivity index (χ1v) is 18.0. The molecule has 9 aromatic rings. The Morgan fingerprint density at radius 1 is 0.352 bits per heavy atom. The highest BCUT2D eigenvalue weighted by atomic mass is 16.4. The van der Waals surface area contributed by atoms with Crippen molar-refractivity contribution < 1.29 is 8.83 Å². The number of rotatable bonds is 4. The smallest absolute Gasteiger partial charge is 0.229 e. The molecule has 2 aromatic heterocycles. The van der Waals surface area contributed by atoms with E-state index in [4.69, 9.17) is 18.8 Å². The Hall–Kier alpha value is -7.32. The zero-order valence-corrected chi connectivity index (χ0v) is 29.5. The van der Waals surface area contributed by atoms with Crippen molar-refractivity contribution in [2.75, 3.05) is 33.7 Å². The highest BCUT2D eigenvalue weighted by Gasteiger charge is 2.38. The predicted molar refractivity (Wildman–Crippen MR) is 218 cm³/mol. The SMILES string of the molecule is CN1c2ccccc2N(c2c(-c3nc4ccccc4o3)ccc(-c3nc4ccccc4o3)c2N2c3ccccc3N(C)c3ccccc32)c2ccccc21. The molecule has 54 heavy (non-hydrogen) atoms. The van der Waals surface area contributed by atoms with E-state index in [1.807, 2.05) is 48.5 Å². The summed E-state index contributed by atoms with van der Waals surface area (Å²) in [6.45, 7) is 0. The summed E-state index contributed by atoms with van der Waals surface area (Å²) in [7, 11) is 4.25. The van der Waals surface area contributed by atoms with Gasteiger partial charge in [0.1, 0.15) is 11.0 Å². The normalized spacial score (nSPS) is 13.2. The van der Waals surface area contributed by atoms with Crippen molar-refractivity contribution in [3.05, 3.63) is 158 Å². The molecule has 0 spiro atoms. The predicted octanol–water partition coefficient (Wildman–Crippen LogP) is 12.4. The lowest BCUT2D eigenvalue weighted by molar-refractivity contribution is 0.618. The minimum absolute atomic E-state index is 0.515. The minimum Gasteiger partial charge on any atom is -0.436 e. The van der Waals surface area contributed by atoms with Crippen LogP contribution in [0, 0.1) is 0 Å². The molecule has 258 valence electrons. The summed E-state index contributed by atoms with van der Waals surface area (Å²) in [5, 5.41) is 0. The van der Waals surface area contributed by atoms with Crippen LogP contribution in [0.4, 0.5) is 56.9 Å². The fourth-order valence-corrected chi connectivity index (χ4v) is 8.10. The van der Waals surface area contributed by atoms with Gasteiger partial charge in [0.2, 0.25) is 11.8 Å². The van der Waals surface area contributed by atoms with E-state index in [0.29, 0.717) is 11.8 Å². The molecule has 11 rings (SSSR count). The second kappa shape index (κ2) is 11.6. The number of para-hydroxylation sites is 12. The maximum atomic E-state index is 6.66. The number of fused-ring (bicyclic) bond motifs is 6. The first-order valence-electron chi connectivity index (χ1n) is 18.0. The molecule has 2 aliphatic heterocycles. The molecule has 8 nitrogen and oxygen atoms in total. The van der Waals surface area contributed by atoms with Crippen molar-refractivity contribution in [3.8, 4) is 22.9 Å². The van der Waals surface area contributed by atoms with Gasteiger partial charge >= 0.3 is 0 Å². The third-order valence-electron chi connectivity index (χ3n) is 10.6. The van der Waals surface area contributed by atoms with Crippen LogP contribution >= 0.6 is 0 Å². The molecule has 0 saturated carbocycles. The van der Waals surface area contributed by atoms with Crippen LogP contribution in [0.5, 0.6) is 0 Å². The van der Waals surface area contributed by atoms with Gasteiger partial charge in [-0.25, -0.2) is 9.97 Å². The maximum absolute atomic E-state index is 6.66. The van der Waals surface area contributed by atoms with Gasteiger partial charge < -0.3 is 28.4 Å². The molecule has 0 atom stereocenters. The number of aromatic nitrogens is 2. The maximum Gasteiger partial charge on any atom is 0.229 e. The molecule has 8 heteroatoms. The van der Waals surface area contributed by atoms with Crippen LogP contribution < -0.4 is 19.6 Å². The topological polar surface area (TPSA) is 65.0 Å². The number of nitrogens with zero attached hydrogens (tertiary/aromatic N) is 6. The van der Waals surface area contributed by atoms with Gasteiger partial charge in [0.15, 0.2) is 11.2 Å². The second-order valence-electron chi connectivity index (χ2n) is 13.6. The molecule has 7 aromatic carbocycles. The van der Waals surface area contributed by atoms with Crippen LogP contribution in [-0.2, 0) is 0 Å². The molecule has 0 saturated heterocycles. The Morgan fingerprint density at radius 2 is 0.648 bits per heavy atom. The standard InChI is InChI=1S/C46H32N6O2/c1-49-33-17-5-9-21-37(33)51(38-22-10-6-18-34(38)49)43-29(45-47-31-15-3-13-25-41(31)53-45)27-28-30(46-48-32-16-4-14-26-42(32)54-46)44(43)52-39-23-11-7-19-35(39)50(2)36-20-8-12-24-40(36)52/h3-28H,1-2H3. The zero-order chi connectivity index (χ0) is 35.9. The number of benzene rings is 7. The summed E-state index contributed by atoms with van der Waals surface area (Å²) in [5.41, 5.74) is 14.8. The Morgan fingerprint density at radius 3 is 0.981 bits per heavy atom. The van der Waals surface area contributed by atoms with E-state index < -0.39 is 0 Å². The van der Waals surface area contributed by atoms with Gasteiger partial charge in [-0.05, 0) is 84.9 Å². The molecule has 0 bridgehead atoms. The molecule has 4 heterocycles. The molecule has 2 aliphatic rings. The van der Waals surface area contributed by atoms with Crippen LogP contribution in [0.2, 0.25) is 0 Å². The molecule has 0 unspecified atom stereocenters. The molecule has 0 fully saturated rings. The fourth-order valence-electron chi connectivity index (χ4n) is 8.10. The number of hydrogen-bond acceptors (Lipinski definition) is 8. The number of oxazole rings is 2. The number of anilines is 10. The van der Waals surface area contributed by atoms with Crippen molar-refractivity contribution in [2.24, 2.45) is 0 Å². The lowest BCUT2D eigenvalue weighted by Crippen LogP contribution is -2.28. The monoisotopic (exact) mass is 700 g/mol. The highest BCUT2D eigenvalue weighted by molar-refractivity contribution is 6.11. The average Bonchev–Trinajstić information content (AvgIpc) is 3.86. The van der Waals surface area contributed by atoms with E-state index in [1.165, 1.54) is 0 Å². The van der Waals surface area contributed by atoms with Gasteiger partial charge in [0, 0.05) is 14.1 Å². The van der Waals surface area contributed by atoms with E-state index in [9.17, 15) is 0 Å². The fraction of sp³-hybridized carbons (Fsp3) is 0.0435. The lowest BCUT2D eigenvalue weighted by Gasteiger charge is -2.43. The molecule has 0 N–H and O–H groups in total. The molecule has 0 aliphatic carbocycles. The average molecular weight is 701 g/mol. The van der Waals surface area contributed by atoms with E-state index in [-0.39, 0.29) is 0 Å². The largest absolute Gasteiger partial charge is 0.436 e. The van der Waals surface area contributed by atoms with Gasteiger partial charge in [0.05, 0.1) is 68.0 Å². The third-order valence-corrected chi connectivity index (χ3v) is 10.6. The zero-order valence-electron chi connectivity index (χ0n) is 29.5. The highest BCUT2D eigenvalue weighted by Crippen LogP contribution is 2.61. The summed E-state index contributed by atoms with van der Waals surface area (Å²) < 4.78 is 13.3. The van der Waals surface area contributed by atoms with Crippen molar-refractivity contribution >= 4 is 79.1 Å². The van der Waals surface area contributed by atoms with Gasteiger partial charge in [-0.1, -0.05) is 72.8 Å². The molecular weight excluding hydrogens is 669 g/mol. The van der Waals surface area contributed by atoms with E-state index in [2.05, 4.69) is 143 Å². The third kappa shape index (κ3) is 4.37. The molecule has 0 radical (unpaired) electrons. The second-order valence-corrected chi connectivity index (χ2v) is 13.6. The summed E-state index contributed by atoms with van der Waals surface area (Å²) in [4.78, 5) is 19.5. The quantitative estimate of drug-likeness (QED) is 0.180. The summed E-state index contributed by atoms with van der Waals surface area (Å²) in [6, 6.07) is 54.2.